The van der Waals surface area contributed by atoms with Gasteiger partial charge in [-0.1, -0.05) is 54.1 Å². The van der Waals surface area contributed by atoms with Crippen LogP contribution in [-0.4, -0.2) is 10.7 Å². The molecule has 98 valence electrons. The van der Waals surface area contributed by atoms with Gasteiger partial charge in [0, 0.05) is 33.8 Å². The van der Waals surface area contributed by atoms with Crippen LogP contribution < -0.4 is 0 Å². The molecule has 2 aromatic carbocycles. The maximum absolute atomic E-state index is 8.19. The van der Waals surface area contributed by atoms with Crippen molar-refractivity contribution in [1.29, 1.82) is 5.41 Å². The van der Waals surface area contributed by atoms with Crippen LogP contribution in [0.1, 0.15) is 11.3 Å². The lowest BCUT2D eigenvalue weighted by Gasteiger charge is -2.07. The van der Waals surface area contributed by atoms with Gasteiger partial charge in [-0.25, -0.2) is 0 Å². The van der Waals surface area contributed by atoms with E-state index in [-0.39, 0.29) is 0 Å². The summed E-state index contributed by atoms with van der Waals surface area (Å²) in [7, 11) is 0. The third kappa shape index (κ3) is 2.56. The molecule has 0 aliphatic carbocycles. The molecule has 0 spiro atoms. The summed E-state index contributed by atoms with van der Waals surface area (Å²) >= 11 is 6.12. The van der Waals surface area contributed by atoms with Crippen molar-refractivity contribution < 1.29 is 0 Å². The lowest BCUT2D eigenvalue weighted by Crippen LogP contribution is -2.05. The number of hydrogen-bond donors (Lipinski definition) is 1. The summed E-state index contributed by atoms with van der Waals surface area (Å²) in [4.78, 5) is 4.59. The monoisotopic (exact) mass is 280 g/mol. The van der Waals surface area contributed by atoms with E-state index in [4.69, 9.17) is 17.0 Å². The van der Waals surface area contributed by atoms with Gasteiger partial charge in [0.25, 0.3) is 0 Å². The molecule has 0 saturated heterocycles. The smallest absolute Gasteiger partial charge is 0.0705 e. The van der Waals surface area contributed by atoms with E-state index in [1.165, 1.54) is 0 Å². The van der Waals surface area contributed by atoms with E-state index in [2.05, 4.69) is 4.98 Å². The van der Waals surface area contributed by atoms with Gasteiger partial charge in [0.15, 0.2) is 0 Å². The maximum atomic E-state index is 8.19. The summed E-state index contributed by atoms with van der Waals surface area (Å²) in [5.41, 5.74) is 3.09. The minimum absolute atomic E-state index is 0.481. The molecule has 0 radical (unpaired) electrons. The number of fused-ring (bicyclic) bond motifs is 1. The fourth-order valence-electron chi connectivity index (χ4n) is 2.19. The Kier molecular flexibility index (Phi) is 3.48. The molecule has 20 heavy (non-hydrogen) atoms. The van der Waals surface area contributed by atoms with Crippen LogP contribution in [0.4, 0.5) is 0 Å². The number of benzene rings is 2. The van der Waals surface area contributed by atoms with E-state index in [0.29, 0.717) is 17.2 Å². The molecule has 0 saturated carbocycles. The van der Waals surface area contributed by atoms with Crippen molar-refractivity contribution in [3.63, 3.8) is 0 Å². The second kappa shape index (κ2) is 5.43. The Morgan fingerprint density at radius 1 is 0.950 bits per heavy atom. The molecule has 0 aliphatic heterocycles. The minimum Gasteiger partial charge on any atom is -0.304 e. The van der Waals surface area contributed by atoms with Crippen LogP contribution in [0.2, 0.25) is 5.02 Å². The van der Waals surface area contributed by atoms with Gasteiger partial charge < -0.3 is 5.41 Å². The van der Waals surface area contributed by atoms with Crippen LogP contribution >= 0.6 is 11.6 Å². The first-order valence-corrected chi connectivity index (χ1v) is 6.79. The SMILES string of the molecule is N=C(Cc1ccc2ccccc2n1)c1ccccc1Cl. The van der Waals surface area contributed by atoms with Crippen molar-refractivity contribution in [2.45, 2.75) is 6.42 Å². The van der Waals surface area contributed by atoms with Crippen molar-refractivity contribution in [2.24, 2.45) is 0 Å². The fraction of sp³-hybridized carbons (Fsp3) is 0.0588. The Hall–Kier alpha value is -2.19. The third-order valence-electron chi connectivity index (χ3n) is 3.21. The van der Waals surface area contributed by atoms with Gasteiger partial charge in [-0.3, -0.25) is 4.98 Å². The van der Waals surface area contributed by atoms with E-state index >= 15 is 0 Å². The van der Waals surface area contributed by atoms with Crippen LogP contribution in [0.3, 0.4) is 0 Å². The lowest BCUT2D eigenvalue weighted by atomic mass is 10.0. The zero-order chi connectivity index (χ0) is 13.9. The Morgan fingerprint density at radius 2 is 1.70 bits per heavy atom. The molecule has 0 unspecified atom stereocenters. The molecule has 3 aromatic rings. The Balaban J connectivity index is 1.89. The lowest BCUT2D eigenvalue weighted by molar-refractivity contribution is 1.16. The summed E-state index contributed by atoms with van der Waals surface area (Å²) in [5, 5.41) is 9.91. The third-order valence-corrected chi connectivity index (χ3v) is 3.54. The average Bonchev–Trinajstić information content (AvgIpc) is 2.47. The summed E-state index contributed by atoms with van der Waals surface area (Å²) in [6.45, 7) is 0. The second-order valence-electron chi connectivity index (χ2n) is 4.63. The van der Waals surface area contributed by atoms with E-state index in [9.17, 15) is 0 Å². The number of halogens is 1. The van der Waals surface area contributed by atoms with Crippen molar-refractivity contribution in [1.82, 2.24) is 4.98 Å². The molecule has 0 fully saturated rings. The van der Waals surface area contributed by atoms with Crippen LogP contribution in [0.25, 0.3) is 10.9 Å². The first-order valence-electron chi connectivity index (χ1n) is 6.41. The molecule has 3 rings (SSSR count). The highest BCUT2D eigenvalue weighted by Gasteiger charge is 2.08. The van der Waals surface area contributed by atoms with Crippen LogP contribution in [0.5, 0.6) is 0 Å². The predicted molar refractivity (Wildman–Crippen MR) is 83.7 cm³/mol. The van der Waals surface area contributed by atoms with Crippen LogP contribution in [-0.2, 0) is 6.42 Å². The van der Waals surface area contributed by atoms with Crippen molar-refractivity contribution in [3.05, 3.63) is 76.9 Å². The number of aromatic nitrogens is 1. The van der Waals surface area contributed by atoms with Crippen molar-refractivity contribution in [2.75, 3.05) is 0 Å². The number of nitrogens with one attached hydrogen (secondary N) is 1. The molecule has 2 nitrogen and oxygen atoms in total. The van der Waals surface area contributed by atoms with E-state index in [1.807, 2.05) is 54.6 Å². The van der Waals surface area contributed by atoms with E-state index in [1.54, 1.807) is 6.07 Å². The number of rotatable bonds is 3. The number of para-hydroxylation sites is 1. The standard InChI is InChI=1S/C17H13ClN2/c18-15-7-3-2-6-14(15)16(19)11-13-10-9-12-5-1-4-8-17(12)20-13/h1-10,19H,11H2. The topological polar surface area (TPSA) is 36.7 Å². The molecular formula is C17H13ClN2. The highest BCUT2D eigenvalue weighted by molar-refractivity contribution is 6.34. The highest BCUT2D eigenvalue weighted by Crippen LogP contribution is 2.18. The summed E-state index contributed by atoms with van der Waals surface area (Å²) in [5.74, 6) is 0. The summed E-state index contributed by atoms with van der Waals surface area (Å²) < 4.78 is 0. The van der Waals surface area contributed by atoms with E-state index in [0.717, 1.165) is 22.2 Å². The van der Waals surface area contributed by atoms with Crippen molar-refractivity contribution >= 4 is 28.2 Å². The molecular weight excluding hydrogens is 268 g/mol. The normalized spacial score (nSPS) is 10.7. The average molecular weight is 281 g/mol. The fourth-order valence-corrected chi connectivity index (χ4v) is 2.44. The summed E-state index contributed by atoms with van der Waals surface area (Å²) in [6.07, 6.45) is 0.481. The zero-order valence-electron chi connectivity index (χ0n) is 10.8. The zero-order valence-corrected chi connectivity index (χ0v) is 11.6. The number of nitrogens with zero attached hydrogens (tertiary/aromatic N) is 1. The molecule has 1 heterocycles. The number of hydrogen-bond acceptors (Lipinski definition) is 2. The van der Waals surface area contributed by atoms with Gasteiger partial charge in [0.1, 0.15) is 0 Å². The second-order valence-corrected chi connectivity index (χ2v) is 5.04. The molecule has 0 atom stereocenters. The highest BCUT2D eigenvalue weighted by atomic mass is 35.5. The Labute approximate surface area is 122 Å². The number of pyridine rings is 1. The first kappa shape index (κ1) is 12.8. The predicted octanol–water partition coefficient (Wildman–Crippen LogP) is 4.50. The van der Waals surface area contributed by atoms with E-state index < -0.39 is 0 Å². The van der Waals surface area contributed by atoms with Gasteiger partial charge in [-0.2, -0.15) is 0 Å². The van der Waals surface area contributed by atoms with Gasteiger partial charge >= 0.3 is 0 Å². The molecule has 3 heteroatoms. The van der Waals surface area contributed by atoms with Gasteiger partial charge in [0.2, 0.25) is 0 Å². The molecule has 1 aromatic heterocycles. The summed E-state index contributed by atoms with van der Waals surface area (Å²) in [6, 6.07) is 19.4. The Bertz CT molecular complexity index is 781. The molecule has 0 aliphatic rings. The largest absolute Gasteiger partial charge is 0.304 e. The van der Waals surface area contributed by atoms with Gasteiger partial charge in [-0.05, 0) is 18.2 Å². The van der Waals surface area contributed by atoms with Gasteiger partial charge in [-0.15, -0.1) is 0 Å². The van der Waals surface area contributed by atoms with Crippen LogP contribution in [0, 0.1) is 5.41 Å². The van der Waals surface area contributed by atoms with Crippen LogP contribution in [0.15, 0.2) is 60.7 Å². The van der Waals surface area contributed by atoms with Crippen molar-refractivity contribution in [3.8, 4) is 0 Å². The molecule has 1 N–H and O–H groups in total. The minimum atomic E-state index is 0.481. The van der Waals surface area contributed by atoms with Gasteiger partial charge in [0.05, 0.1) is 5.52 Å². The first-order chi connectivity index (χ1) is 9.74. The quantitative estimate of drug-likeness (QED) is 0.705. The maximum Gasteiger partial charge on any atom is 0.0705 e. The molecule has 0 amide bonds. The molecule has 0 bridgehead atoms. The Morgan fingerprint density at radius 3 is 2.55 bits per heavy atom.